The Kier molecular flexibility index (Phi) is 3.23. The molecule has 1 aliphatic carbocycles. The lowest BCUT2D eigenvalue weighted by Crippen LogP contribution is -2.27. The molecule has 0 saturated heterocycles. The quantitative estimate of drug-likeness (QED) is 0.700. The molecule has 0 amide bonds. The van der Waals surface area contributed by atoms with Crippen LogP contribution in [0.2, 0.25) is 0 Å². The molecule has 1 aromatic carbocycles. The molecule has 1 atom stereocenters. The first kappa shape index (κ1) is 11.1. The molecule has 84 valence electrons. The molecule has 0 aromatic heterocycles. The Hall–Kier alpha value is -1.37. The first-order valence-electron chi connectivity index (χ1n) is 5.95. The largest absolute Gasteiger partial charge is 0.299 e. The molecule has 1 saturated carbocycles. The highest BCUT2D eigenvalue weighted by Crippen LogP contribution is 2.41. The van der Waals surface area contributed by atoms with E-state index in [1.807, 2.05) is 24.3 Å². The number of allylic oxidation sites excluding steroid dienone is 1. The van der Waals surface area contributed by atoms with Gasteiger partial charge in [0, 0.05) is 11.8 Å². The van der Waals surface area contributed by atoms with Crippen LogP contribution in [0.4, 0.5) is 0 Å². The van der Waals surface area contributed by atoms with E-state index in [2.05, 4.69) is 18.7 Å². The Morgan fingerprint density at radius 3 is 2.62 bits per heavy atom. The molecule has 1 heteroatoms. The number of carbonyl (C=O) groups is 1. The molecule has 0 heterocycles. The van der Waals surface area contributed by atoms with Crippen LogP contribution in [-0.2, 0) is 11.2 Å². The van der Waals surface area contributed by atoms with Gasteiger partial charge in [0.2, 0.25) is 0 Å². The Bertz CT molecular complexity index is 380. The average Bonchev–Trinajstić information content (AvgIpc) is 2.62. The number of hydrogen-bond donors (Lipinski definition) is 0. The van der Waals surface area contributed by atoms with Crippen molar-refractivity contribution in [1.82, 2.24) is 0 Å². The zero-order chi connectivity index (χ0) is 11.4. The smallest absolute Gasteiger partial charge is 0.139 e. The SMILES string of the molecule is C=CCC1(Cc2ccccc2)CCCC1=O. The summed E-state index contributed by atoms with van der Waals surface area (Å²) in [5, 5.41) is 0. The fourth-order valence-corrected chi connectivity index (χ4v) is 2.73. The summed E-state index contributed by atoms with van der Waals surface area (Å²) in [6.07, 6.45) is 6.40. The lowest BCUT2D eigenvalue weighted by Gasteiger charge is -2.26. The van der Waals surface area contributed by atoms with E-state index in [0.29, 0.717) is 5.78 Å². The molecule has 1 aliphatic rings. The molecule has 16 heavy (non-hydrogen) atoms. The van der Waals surface area contributed by atoms with Gasteiger partial charge in [0.1, 0.15) is 5.78 Å². The molecule has 1 unspecified atom stereocenters. The van der Waals surface area contributed by atoms with Gasteiger partial charge in [-0.25, -0.2) is 0 Å². The summed E-state index contributed by atoms with van der Waals surface area (Å²) in [4.78, 5) is 12.0. The summed E-state index contributed by atoms with van der Waals surface area (Å²) in [6, 6.07) is 10.3. The molecule has 1 aromatic rings. The van der Waals surface area contributed by atoms with Gasteiger partial charge in [-0.15, -0.1) is 6.58 Å². The molecule has 0 N–H and O–H groups in total. The maximum absolute atomic E-state index is 12.0. The lowest BCUT2D eigenvalue weighted by molar-refractivity contribution is -0.125. The van der Waals surface area contributed by atoms with E-state index >= 15 is 0 Å². The molecule has 0 spiro atoms. The van der Waals surface area contributed by atoms with Crippen LogP contribution in [0.3, 0.4) is 0 Å². The lowest BCUT2D eigenvalue weighted by atomic mass is 9.76. The van der Waals surface area contributed by atoms with Gasteiger partial charge in [0.05, 0.1) is 0 Å². The van der Waals surface area contributed by atoms with Crippen LogP contribution in [0.5, 0.6) is 0 Å². The second-order valence-corrected chi connectivity index (χ2v) is 4.71. The van der Waals surface area contributed by atoms with Crippen LogP contribution < -0.4 is 0 Å². The maximum Gasteiger partial charge on any atom is 0.139 e. The topological polar surface area (TPSA) is 17.1 Å². The van der Waals surface area contributed by atoms with Crippen molar-refractivity contribution < 1.29 is 4.79 Å². The minimum atomic E-state index is -0.150. The summed E-state index contributed by atoms with van der Waals surface area (Å²) >= 11 is 0. The van der Waals surface area contributed by atoms with Crippen molar-refractivity contribution in [2.75, 3.05) is 0 Å². The highest BCUT2D eigenvalue weighted by atomic mass is 16.1. The highest BCUT2D eigenvalue weighted by Gasteiger charge is 2.40. The van der Waals surface area contributed by atoms with E-state index in [4.69, 9.17) is 0 Å². The number of benzene rings is 1. The third-order valence-electron chi connectivity index (χ3n) is 3.57. The summed E-state index contributed by atoms with van der Waals surface area (Å²) in [5.41, 5.74) is 1.11. The van der Waals surface area contributed by atoms with Crippen LogP contribution in [0.25, 0.3) is 0 Å². The van der Waals surface area contributed by atoms with Crippen molar-refractivity contribution in [1.29, 1.82) is 0 Å². The van der Waals surface area contributed by atoms with Crippen molar-refractivity contribution in [2.45, 2.75) is 32.1 Å². The zero-order valence-electron chi connectivity index (χ0n) is 9.61. The van der Waals surface area contributed by atoms with E-state index in [0.717, 1.165) is 32.1 Å². The van der Waals surface area contributed by atoms with Crippen molar-refractivity contribution in [3.63, 3.8) is 0 Å². The van der Waals surface area contributed by atoms with E-state index in [9.17, 15) is 4.79 Å². The van der Waals surface area contributed by atoms with Gasteiger partial charge in [-0.05, 0) is 31.2 Å². The Morgan fingerprint density at radius 1 is 1.31 bits per heavy atom. The zero-order valence-corrected chi connectivity index (χ0v) is 9.61. The standard InChI is InChI=1S/C15H18O/c1-2-10-15(11-6-9-14(15)16)12-13-7-4-3-5-8-13/h2-5,7-8H,1,6,9-12H2. The van der Waals surface area contributed by atoms with Crippen molar-refractivity contribution in [2.24, 2.45) is 5.41 Å². The maximum atomic E-state index is 12.0. The predicted molar refractivity (Wildman–Crippen MR) is 66.3 cm³/mol. The Balaban J connectivity index is 2.21. The van der Waals surface area contributed by atoms with Crippen LogP contribution in [0.15, 0.2) is 43.0 Å². The third kappa shape index (κ3) is 2.08. The van der Waals surface area contributed by atoms with Gasteiger partial charge in [0.15, 0.2) is 0 Å². The Labute approximate surface area is 97.2 Å². The van der Waals surface area contributed by atoms with Crippen molar-refractivity contribution in [3.8, 4) is 0 Å². The number of carbonyl (C=O) groups excluding carboxylic acids is 1. The number of hydrogen-bond acceptors (Lipinski definition) is 1. The normalized spacial score (nSPS) is 24.6. The Morgan fingerprint density at radius 2 is 2.06 bits per heavy atom. The van der Waals surface area contributed by atoms with E-state index in [1.54, 1.807) is 0 Å². The molecule has 0 bridgehead atoms. The highest BCUT2D eigenvalue weighted by molar-refractivity contribution is 5.87. The van der Waals surface area contributed by atoms with Gasteiger partial charge >= 0.3 is 0 Å². The van der Waals surface area contributed by atoms with Crippen LogP contribution in [-0.4, -0.2) is 5.78 Å². The summed E-state index contributed by atoms with van der Waals surface area (Å²) < 4.78 is 0. The first-order valence-corrected chi connectivity index (χ1v) is 5.95. The molecular weight excluding hydrogens is 196 g/mol. The van der Waals surface area contributed by atoms with E-state index in [-0.39, 0.29) is 5.41 Å². The number of Topliss-reactive ketones (excluding diaryl/α,β-unsaturated/α-hetero) is 1. The van der Waals surface area contributed by atoms with Crippen LogP contribution in [0.1, 0.15) is 31.2 Å². The fraction of sp³-hybridized carbons (Fsp3) is 0.400. The predicted octanol–water partition coefficient (Wildman–Crippen LogP) is 3.54. The number of rotatable bonds is 4. The van der Waals surface area contributed by atoms with Crippen LogP contribution >= 0.6 is 0 Å². The third-order valence-corrected chi connectivity index (χ3v) is 3.57. The molecule has 1 fully saturated rings. The molecule has 1 nitrogen and oxygen atoms in total. The van der Waals surface area contributed by atoms with E-state index in [1.165, 1.54) is 5.56 Å². The van der Waals surface area contributed by atoms with Gasteiger partial charge in [-0.2, -0.15) is 0 Å². The van der Waals surface area contributed by atoms with Crippen molar-refractivity contribution in [3.05, 3.63) is 48.6 Å². The summed E-state index contributed by atoms with van der Waals surface area (Å²) in [6.45, 7) is 3.79. The monoisotopic (exact) mass is 214 g/mol. The minimum absolute atomic E-state index is 0.150. The van der Waals surface area contributed by atoms with Crippen LogP contribution in [0, 0.1) is 5.41 Å². The number of ketones is 1. The molecule has 0 aliphatic heterocycles. The fourth-order valence-electron chi connectivity index (χ4n) is 2.73. The summed E-state index contributed by atoms with van der Waals surface area (Å²) in [5.74, 6) is 0.427. The van der Waals surface area contributed by atoms with Crippen molar-refractivity contribution >= 4 is 5.78 Å². The molecule has 2 rings (SSSR count). The summed E-state index contributed by atoms with van der Waals surface area (Å²) in [7, 11) is 0. The van der Waals surface area contributed by atoms with Gasteiger partial charge < -0.3 is 0 Å². The van der Waals surface area contributed by atoms with Gasteiger partial charge in [0.25, 0.3) is 0 Å². The molecular formula is C15H18O. The van der Waals surface area contributed by atoms with Gasteiger partial charge in [-0.1, -0.05) is 36.4 Å². The second kappa shape index (κ2) is 4.65. The molecule has 0 radical (unpaired) electrons. The van der Waals surface area contributed by atoms with Gasteiger partial charge in [-0.3, -0.25) is 4.79 Å². The average molecular weight is 214 g/mol. The first-order chi connectivity index (χ1) is 7.77. The minimum Gasteiger partial charge on any atom is -0.299 e. The van der Waals surface area contributed by atoms with E-state index < -0.39 is 0 Å². The second-order valence-electron chi connectivity index (χ2n) is 4.71.